The number of hydrogen-bond donors (Lipinski definition) is 1. The minimum Gasteiger partial charge on any atom is -0.378 e. The number of fused-ring (bicyclic) bond motifs is 1. The maximum absolute atomic E-state index is 14.1. The van der Waals surface area contributed by atoms with Crippen molar-refractivity contribution in [3.05, 3.63) is 59.7 Å². The van der Waals surface area contributed by atoms with Crippen molar-refractivity contribution in [2.75, 3.05) is 10.2 Å². The quantitative estimate of drug-likeness (QED) is 0.723. The molecule has 0 spiro atoms. The van der Waals surface area contributed by atoms with Gasteiger partial charge in [0.2, 0.25) is 5.91 Å². The molecule has 2 aromatic carbocycles. The second-order valence-corrected chi connectivity index (χ2v) is 8.03. The molecule has 1 N–H and O–H groups in total. The summed E-state index contributed by atoms with van der Waals surface area (Å²) in [6, 6.07) is 10.7. The van der Waals surface area contributed by atoms with E-state index in [2.05, 4.69) is 5.32 Å². The van der Waals surface area contributed by atoms with Gasteiger partial charge in [-0.05, 0) is 68.7 Å². The van der Waals surface area contributed by atoms with Crippen molar-refractivity contribution in [1.82, 2.24) is 0 Å². The van der Waals surface area contributed by atoms with E-state index >= 15 is 0 Å². The predicted molar refractivity (Wildman–Crippen MR) is 107 cm³/mol. The average molecular weight is 384 g/mol. The number of benzene rings is 2. The summed E-state index contributed by atoms with van der Waals surface area (Å²) in [5.41, 5.74) is 2.35. The highest BCUT2D eigenvalue weighted by Crippen LogP contribution is 2.41. The van der Waals surface area contributed by atoms with Crippen LogP contribution in [0.25, 0.3) is 0 Å². The zero-order valence-corrected chi connectivity index (χ0v) is 16.1. The molecule has 1 saturated carbocycles. The molecule has 0 aromatic heterocycles. The van der Waals surface area contributed by atoms with Crippen LogP contribution in [0.3, 0.4) is 0 Å². The number of amides is 1. The van der Waals surface area contributed by atoms with Crippen molar-refractivity contribution in [2.24, 2.45) is 5.92 Å². The monoisotopic (exact) mass is 384 g/mol. The highest BCUT2D eigenvalue weighted by Gasteiger charge is 2.37. The van der Waals surface area contributed by atoms with Crippen LogP contribution >= 0.6 is 0 Å². The number of halogens is 2. The largest absolute Gasteiger partial charge is 0.378 e. The topological polar surface area (TPSA) is 32.3 Å². The van der Waals surface area contributed by atoms with Gasteiger partial charge in [-0.3, -0.25) is 4.79 Å². The number of anilines is 2. The van der Waals surface area contributed by atoms with Gasteiger partial charge >= 0.3 is 0 Å². The number of carbonyl (C=O) groups excluding carboxylic acids is 1. The minimum atomic E-state index is -0.315. The lowest BCUT2D eigenvalue weighted by atomic mass is 9.85. The predicted octanol–water partition coefficient (Wildman–Crippen LogP) is 5.82. The van der Waals surface area contributed by atoms with E-state index in [9.17, 15) is 13.6 Å². The Morgan fingerprint density at radius 3 is 2.39 bits per heavy atom. The Morgan fingerprint density at radius 1 is 1.00 bits per heavy atom. The molecule has 0 bridgehead atoms. The summed E-state index contributed by atoms with van der Waals surface area (Å²) < 4.78 is 27.3. The summed E-state index contributed by atoms with van der Waals surface area (Å²) in [5, 5.41) is 3.39. The van der Waals surface area contributed by atoms with Crippen LogP contribution in [0.4, 0.5) is 20.2 Å². The summed E-state index contributed by atoms with van der Waals surface area (Å²) in [7, 11) is 0. The Hall–Kier alpha value is -2.43. The smallest absolute Gasteiger partial charge is 0.230 e. The Morgan fingerprint density at radius 2 is 1.68 bits per heavy atom. The van der Waals surface area contributed by atoms with Crippen LogP contribution in [0.5, 0.6) is 0 Å². The molecule has 2 aromatic rings. The van der Waals surface area contributed by atoms with Crippen LogP contribution in [0, 0.1) is 17.6 Å². The molecule has 2 unspecified atom stereocenters. The van der Waals surface area contributed by atoms with E-state index in [-0.39, 0.29) is 35.5 Å². The molecular weight excluding hydrogens is 358 g/mol. The van der Waals surface area contributed by atoms with Crippen LogP contribution in [-0.2, 0) is 4.79 Å². The van der Waals surface area contributed by atoms with Gasteiger partial charge in [0, 0.05) is 28.9 Å². The van der Waals surface area contributed by atoms with E-state index in [4.69, 9.17) is 0 Å². The standard InChI is InChI=1S/C23H26F2N2O/c1-15-13-21(26-19-10-7-17(24)8-11-19)20-14-18(25)9-12-22(20)27(15)23(28)16-5-3-2-4-6-16/h7-12,14-16,21,26H,2-6,13H2,1H3. The molecule has 1 amide bonds. The molecule has 0 saturated heterocycles. The molecule has 1 heterocycles. The first-order valence-electron chi connectivity index (χ1n) is 10.2. The molecule has 1 fully saturated rings. The molecule has 2 aliphatic rings. The molecule has 0 radical (unpaired) electrons. The summed E-state index contributed by atoms with van der Waals surface area (Å²) in [5.74, 6) is -0.376. The zero-order valence-electron chi connectivity index (χ0n) is 16.1. The van der Waals surface area contributed by atoms with Crippen molar-refractivity contribution in [3.8, 4) is 0 Å². The molecule has 2 atom stereocenters. The van der Waals surface area contributed by atoms with E-state index in [1.54, 1.807) is 18.2 Å². The molecule has 148 valence electrons. The van der Waals surface area contributed by atoms with Gasteiger partial charge in [0.15, 0.2) is 0 Å². The second-order valence-electron chi connectivity index (χ2n) is 8.03. The number of nitrogens with one attached hydrogen (secondary N) is 1. The van der Waals surface area contributed by atoms with Gasteiger partial charge in [0.05, 0.1) is 6.04 Å². The zero-order chi connectivity index (χ0) is 19.7. The van der Waals surface area contributed by atoms with Crippen molar-refractivity contribution in [3.63, 3.8) is 0 Å². The number of hydrogen-bond acceptors (Lipinski definition) is 2. The first-order chi connectivity index (χ1) is 13.5. The molecular formula is C23H26F2N2O. The van der Waals surface area contributed by atoms with Gasteiger partial charge in [0.25, 0.3) is 0 Å². The Balaban J connectivity index is 1.65. The highest BCUT2D eigenvalue weighted by molar-refractivity contribution is 5.97. The van der Waals surface area contributed by atoms with Crippen LogP contribution < -0.4 is 10.2 Å². The van der Waals surface area contributed by atoms with E-state index in [0.717, 1.165) is 42.6 Å². The Kier molecular flexibility index (Phi) is 5.33. The average Bonchev–Trinajstić information content (AvgIpc) is 2.70. The lowest BCUT2D eigenvalue weighted by molar-refractivity contribution is -0.123. The highest BCUT2D eigenvalue weighted by atomic mass is 19.1. The van der Waals surface area contributed by atoms with Crippen LogP contribution in [0.15, 0.2) is 42.5 Å². The minimum absolute atomic E-state index is 0.00494. The maximum Gasteiger partial charge on any atom is 0.230 e. The van der Waals surface area contributed by atoms with Gasteiger partial charge in [-0.1, -0.05) is 19.3 Å². The van der Waals surface area contributed by atoms with Gasteiger partial charge in [0.1, 0.15) is 11.6 Å². The Labute approximate surface area is 164 Å². The summed E-state index contributed by atoms with van der Waals surface area (Å²) in [6.45, 7) is 2.05. The molecule has 1 aliphatic carbocycles. The molecule has 5 heteroatoms. The Bertz CT molecular complexity index is 846. The van der Waals surface area contributed by atoms with Crippen molar-refractivity contribution < 1.29 is 13.6 Å². The molecule has 3 nitrogen and oxygen atoms in total. The van der Waals surface area contributed by atoms with Crippen LogP contribution in [0.1, 0.15) is 57.1 Å². The fourth-order valence-electron chi connectivity index (χ4n) is 4.60. The summed E-state index contributed by atoms with van der Waals surface area (Å²) >= 11 is 0. The van der Waals surface area contributed by atoms with Gasteiger partial charge in [-0.2, -0.15) is 0 Å². The number of nitrogens with zero attached hydrogens (tertiary/aromatic N) is 1. The van der Waals surface area contributed by atoms with Gasteiger partial charge in [-0.25, -0.2) is 8.78 Å². The van der Waals surface area contributed by atoms with E-state index in [1.807, 2.05) is 11.8 Å². The fraction of sp³-hybridized carbons (Fsp3) is 0.435. The third kappa shape index (κ3) is 3.75. The molecule has 4 rings (SSSR count). The van der Waals surface area contributed by atoms with Crippen molar-refractivity contribution in [1.29, 1.82) is 0 Å². The van der Waals surface area contributed by atoms with E-state index < -0.39 is 0 Å². The maximum atomic E-state index is 14.1. The third-order valence-electron chi connectivity index (χ3n) is 6.02. The number of rotatable bonds is 3. The normalized spacial score (nSPS) is 22.6. The first-order valence-corrected chi connectivity index (χ1v) is 10.2. The second kappa shape index (κ2) is 7.90. The van der Waals surface area contributed by atoms with Crippen LogP contribution in [-0.4, -0.2) is 11.9 Å². The van der Waals surface area contributed by atoms with Gasteiger partial charge in [-0.15, -0.1) is 0 Å². The van der Waals surface area contributed by atoms with E-state index in [0.29, 0.717) is 6.42 Å². The summed E-state index contributed by atoms with van der Waals surface area (Å²) in [4.78, 5) is 15.2. The lowest BCUT2D eigenvalue weighted by Crippen LogP contribution is -2.47. The molecule has 1 aliphatic heterocycles. The SMILES string of the molecule is CC1CC(Nc2ccc(F)cc2)c2cc(F)ccc2N1C(=O)C1CCCCC1. The van der Waals surface area contributed by atoms with Gasteiger partial charge < -0.3 is 10.2 Å². The summed E-state index contributed by atoms with van der Waals surface area (Å²) in [6.07, 6.45) is 5.95. The fourth-order valence-corrected chi connectivity index (χ4v) is 4.60. The van der Waals surface area contributed by atoms with Crippen LogP contribution in [0.2, 0.25) is 0 Å². The first kappa shape index (κ1) is 18.9. The lowest BCUT2D eigenvalue weighted by Gasteiger charge is -2.42. The third-order valence-corrected chi connectivity index (χ3v) is 6.02. The van der Waals surface area contributed by atoms with Crippen molar-refractivity contribution >= 4 is 17.3 Å². The number of carbonyl (C=O) groups is 1. The van der Waals surface area contributed by atoms with E-state index in [1.165, 1.54) is 30.7 Å². The molecule has 28 heavy (non-hydrogen) atoms. The van der Waals surface area contributed by atoms with Crippen molar-refractivity contribution in [2.45, 2.75) is 57.5 Å².